The highest BCUT2D eigenvalue weighted by Crippen LogP contribution is 2.02. The third kappa shape index (κ3) is 4.05. The molecule has 0 aliphatic carbocycles. The van der Waals surface area contributed by atoms with Gasteiger partial charge in [-0.25, -0.2) is 4.79 Å². The van der Waals surface area contributed by atoms with Crippen LogP contribution in [0.4, 0.5) is 4.79 Å². The van der Waals surface area contributed by atoms with Crippen LogP contribution in [0.5, 0.6) is 0 Å². The number of hydrogen-bond donors (Lipinski definition) is 1. The molecule has 1 fully saturated rings. The number of alkyl halides is 1. The van der Waals surface area contributed by atoms with Gasteiger partial charge in [-0.2, -0.15) is 5.01 Å². The van der Waals surface area contributed by atoms with Crippen molar-refractivity contribution in [3.8, 4) is 0 Å². The van der Waals surface area contributed by atoms with E-state index in [1.807, 2.05) is 0 Å². The lowest BCUT2D eigenvalue weighted by atomic mass is 10.3. The zero-order valence-electron chi connectivity index (χ0n) is 11.0. The van der Waals surface area contributed by atoms with Gasteiger partial charge in [0, 0.05) is 39.1 Å². The monoisotopic (exact) mass is 305 g/mol. The number of carbonyl (C=O) groups excluding carboxylic acids is 3. The first-order valence-electron chi connectivity index (χ1n) is 6.00. The van der Waals surface area contributed by atoms with Crippen LogP contribution in [0.3, 0.4) is 0 Å². The summed E-state index contributed by atoms with van der Waals surface area (Å²) >= 11 is 5.41. The van der Waals surface area contributed by atoms with E-state index in [9.17, 15) is 19.3 Å². The summed E-state index contributed by atoms with van der Waals surface area (Å²) in [4.78, 5) is 47.6. The Morgan fingerprint density at radius 1 is 1.40 bits per heavy atom. The second-order valence-corrected chi connectivity index (χ2v) is 4.52. The molecule has 0 spiro atoms. The Bertz CT molecular complexity index is 405. The van der Waals surface area contributed by atoms with Crippen molar-refractivity contribution in [1.29, 1.82) is 0 Å². The minimum Gasteiger partial charge on any atom is -0.336 e. The highest BCUT2D eigenvalue weighted by atomic mass is 35.5. The lowest BCUT2D eigenvalue weighted by Crippen LogP contribution is -2.54. The lowest BCUT2D eigenvalue weighted by molar-refractivity contribution is -0.154. The van der Waals surface area contributed by atoms with E-state index in [1.165, 1.54) is 9.80 Å². The molecular weight excluding hydrogens is 290 g/mol. The molecular formula is C10H16ClN5O4. The van der Waals surface area contributed by atoms with E-state index in [1.54, 1.807) is 7.05 Å². The number of likely N-dealkylation sites (N-methyl/N-ethyl adjacent to an activating group) is 1. The molecule has 0 radical (unpaired) electrons. The van der Waals surface area contributed by atoms with Crippen molar-refractivity contribution < 1.29 is 14.4 Å². The maximum Gasteiger partial charge on any atom is 0.340 e. The largest absolute Gasteiger partial charge is 0.340 e. The second kappa shape index (κ2) is 7.63. The van der Waals surface area contributed by atoms with E-state index in [0.29, 0.717) is 18.1 Å². The molecule has 1 heterocycles. The van der Waals surface area contributed by atoms with E-state index in [2.05, 4.69) is 10.6 Å². The number of urea groups is 1. The predicted octanol–water partition coefficient (Wildman–Crippen LogP) is -0.781. The van der Waals surface area contributed by atoms with E-state index in [0.717, 1.165) is 0 Å². The Morgan fingerprint density at radius 3 is 2.70 bits per heavy atom. The number of nitrogens with one attached hydrogen (secondary N) is 1. The summed E-state index contributed by atoms with van der Waals surface area (Å²) in [5.74, 6) is -1.08. The molecule has 1 saturated heterocycles. The van der Waals surface area contributed by atoms with Crippen LogP contribution in [0, 0.1) is 4.91 Å². The topological polar surface area (TPSA) is 102 Å². The van der Waals surface area contributed by atoms with E-state index in [-0.39, 0.29) is 25.5 Å². The molecule has 9 nitrogen and oxygen atoms in total. The minimum atomic E-state index is -0.687. The molecule has 1 aliphatic rings. The van der Waals surface area contributed by atoms with Crippen molar-refractivity contribution in [2.45, 2.75) is 0 Å². The minimum absolute atomic E-state index is 0.00279. The van der Waals surface area contributed by atoms with Gasteiger partial charge in [0.15, 0.2) is 0 Å². The van der Waals surface area contributed by atoms with Crippen molar-refractivity contribution in [2.75, 3.05) is 45.7 Å². The van der Waals surface area contributed by atoms with Crippen molar-refractivity contribution in [2.24, 2.45) is 5.29 Å². The van der Waals surface area contributed by atoms with Crippen LogP contribution >= 0.6 is 11.6 Å². The van der Waals surface area contributed by atoms with Crippen LogP contribution in [0.2, 0.25) is 0 Å². The van der Waals surface area contributed by atoms with Gasteiger partial charge in [-0.3, -0.25) is 9.59 Å². The molecule has 1 rings (SSSR count). The Kier molecular flexibility index (Phi) is 6.16. The molecule has 0 atom stereocenters. The summed E-state index contributed by atoms with van der Waals surface area (Å²) in [6.07, 6.45) is 0. The predicted molar refractivity (Wildman–Crippen MR) is 70.8 cm³/mol. The molecule has 0 unspecified atom stereocenters. The number of nitrogens with zero attached hydrogens (tertiary/aromatic N) is 4. The Labute approximate surface area is 120 Å². The van der Waals surface area contributed by atoms with Crippen LogP contribution in [-0.2, 0) is 9.59 Å². The van der Waals surface area contributed by atoms with Gasteiger partial charge in [0.1, 0.15) is 0 Å². The van der Waals surface area contributed by atoms with E-state index < -0.39 is 17.8 Å². The SMILES string of the molecule is CN1CCN(CCNC(=O)N(CCCl)N=O)C(=O)C1=O. The van der Waals surface area contributed by atoms with Gasteiger partial charge in [0.05, 0.1) is 11.8 Å². The number of amides is 4. The van der Waals surface area contributed by atoms with Gasteiger partial charge in [-0.15, -0.1) is 16.5 Å². The standard InChI is InChI=1S/C10H16ClN5O4/c1-14-6-7-15(9(18)8(14)17)5-3-12-10(19)16(13-20)4-2-11/h2-7H2,1H3,(H,12,19). The average molecular weight is 306 g/mol. The van der Waals surface area contributed by atoms with Gasteiger partial charge < -0.3 is 15.1 Å². The zero-order chi connectivity index (χ0) is 15.1. The smallest absolute Gasteiger partial charge is 0.336 e. The maximum absolute atomic E-state index is 11.6. The average Bonchev–Trinajstić information content (AvgIpc) is 2.44. The molecule has 0 bridgehead atoms. The van der Waals surface area contributed by atoms with Gasteiger partial charge >= 0.3 is 17.8 Å². The van der Waals surface area contributed by atoms with Crippen molar-refractivity contribution in [3.05, 3.63) is 4.91 Å². The number of carbonyl (C=O) groups is 3. The van der Waals surface area contributed by atoms with E-state index >= 15 is 0 Å². The number of halogens is 1. The van der Waals surface area contributed by atoms with Crippen LogP contribution in [0.15, 0.2) is 5.29 Å². The zero-order valence-corrected chi connectivity index (χ0v) is 11.8. The van der Waals surface area contributed by atoms with Gasteiger partial charge in [-0.1, -0.05) is 0 Å². The summed E-state index contributed by atoms with van der Waals surface area (Å²) in [5, 5.41) is 5.61. The molecule has 1 N–H and O–H groups in total. The molecule has 10 heteroatoms. The Balaban J connectivity index is 2.37. The van der Waals surface area contributed by atoms with E-state index in [4.69, 9.17) is 11.6 Å². The molecule has 0 aromatic carbocycles. The van der Waals surface area contributed by atoms with Crippen molar-refractivity contribution in [3.63, 3.8) is 0 Å². The molecule has 0 saturated carbocycles. The molecule has 112 valence electrons. The molecule has 20 heavy (non-hydrogen) atoms. The Morgan fingerprint density at radius 2 is 2.10 bits per heavy atom. The summed E-state index contributed by atoms with van der Waals surface area (Å²) in [6, 6.07) is -0.687. The van der Waals surface area contributed by atoms with Crippen molar-refractivity contribution >= 4 is 29.4 Å². The highest BCUT2D eigenvalue weighted by molar-refractivity contribution is 6.35. The summed E-state index contributed by atoms with van der Waals surface area (Å²) < 4.78 is 0. The normalized spacial score (nSPS) is 15.3. The quantitative estimate of drug-likeness (QED) is 0.301. The fourth-order valence-corrected chi connectivity index (χ4v) is 1.79. The summed E-state index contributed by atoms with van der Waals surface area (Å²) in [5.41, 5.74) is 0. The second-order valence-electron chi connectivity index (χ2n) is 4.14. The van der Waals surface area contributed by atoms with Crippen LogP contribution in [-0.4, -0.2) is 78.3 Å². The summed E-state index contributed by atoms with van der Waals surface area (Å²) in [7, 11) is 1.55. The number of rotatable bonds is 6. The Hall–Kier alpha value is -1.90. The van der Waals surface area contributed by atoms with Crippen LogP contribution in [0.1, 0.15) is 0 Å². The molecule has 4 amide bonds. The fourth-order valence-electron chi connectivity index (χ4n) is 1.63. The number of nitroso groups, excluding NO2 is 1. The van der Waals surface area contributed by atoms with Gasteiger partial charge in [0.2, 0.25) is 0 Å². The first kappa shape index (κ1) is 16.2. The first-order chi connectivity index (χ1) is 9.51. The van der Waals surface area contributed by atoms with Crippen molar-refractivity contribution in [1.82, 2.24) is 20.1 Å². The highest BCUT2D eigenvalue weighted by Gasteiger charge is 2.29. The molecule has 0 aromatic rings. The molecule has 1 aliphatic heterocycles. The van der Waals surface area contributed by atoms with Crippen LogP contribution < -0.4 is 5.32 Å². The third-order valence-corrected chi connectivity index (χ3v) is 2.98. The number of piperazine rings is 1. The lowest BCUT2D eigenvalue weighted by Gasteiger charge is -2.31. The third-order valence-electron chi connectivity index (χ3n) is 2.81. The van der Waals surface area contributed by atoms with Gasteiger partial charge in [0.25, 0.3) is 0 Å². The molecule has 0 aromatic heterocycles. The fraction of sp³-hybridized carbons (Fsp3) is 0.700. The number of hydrogen-bond acceptors (Lipinski definition) is 5. The van der Waals surface area contributed by atoms with Crippen LogP contribution in [0.25, 0.3) is 0 Å². The summed E-state index contributed by atoms with van der Waals surface area (Å²) in [6.45, 7) is 1.18. The maximum atomic E-state index is 11.6. The van der Waals surface area contributed by atoms with Gasteiger partial charge in [-0.05, 0) is 0 Å². The first-order valence-corrected chi connectivity index (χ1v) is 6.53.